The zero-order chi connectivity index (χ0) is 17.3. The summed E-state index contributed by atoms with van der Waals surface area (Å²) < 4.78 is 41.7. The summed E-state index contributed by atoms with van der Waals surface area (Å²) in [6.07, 6.45) is -2.10. The molecule has 24 heavy (non-hydrogen) atoms. The number of amides is 1. The number of rotatable bonds is 6. The molecule has 1 aliphatic carbocycles. The molecule has 0 unspecified atom stereocenters. The molecule has 0 radical (unpaired) electrons. The Morgan fingerprint density at radius 2 is 2.21 bits per heavy atom. The average Bonchev–Trinajstić information content (AvgIpc) is 3.03. The molecule has 0 aliphatic heterocycles. The van der Waals surface area contributed by atoms with E-state index in [1.165, 1.54) is 23.5 Å². The monoisotopic (exact) mass is 361 g/mol. The van der Waals surface area contributed by atoms with Gasteiger partial charge in [-0.25, -0.2) is 5.06 Å². The largest absolute Gasteiger partial charge is 0.471 e. The van der Waals surface area contributed by atoms with Crippen molar-refractivity contribution in [1.82, 2.24) is 15.2 Å². The van der Waals surface area contributed by atoms with Gasteiger partial charge in [-0.3, -0.25) is 9.63 Å². The van der Waals surface area contributed by atoms with Gasteiger partial charge in [0.15, 0.2) is 0 Å². The van der Waals surface area contributed by atoms with Gasteiger partial charge < -0.3 is 4.52 Å². The number of aromatic nitrogens is 2. The van der Waals surface area contributed by atoms with Gasteiger partial charge in [0.1, 0.15) is 0 Å². The molecular formula is C14H14F3N3O3S. The summed E-state index contributed by atoms with van der Waals surface area (Å²) in [7, 11) is 1.41. The molecule has 1 aliphatic rings. The lowest BCUT2D eigenvalue weighted by Gasteiger charge is -2.18. The first kappa shape index (κ1) is 16.9. The van der Waals surface area contributed by atoms with Crippen LogP contribution in [-0.4, -0.2) is 28.2 Å². The maximum atomic E-state index is 12.5. The van der Waals surface area contributed by atoms with Crippen LogP contribution in [0.3, 0.4) is 0 Å². The summed E-state index contributed by atoms with van der Waals surface area (Å²) in [5.41, 5.74) is 0. The van der Waals surface area contributed by atoms with Gasteiger partial charge in [0.2, 0.25) is 11.7 Å². The molecule has 0 atom stereocenters. The van der Waals surface area contributed by atoms with Crippen molar-refractivity contribution >= 4 is 17.2 Å². The van der Waals surface area contributed by atoms with Gasteiger partial charge in [0.25, 0.3) is 0 Å². The van der Waals surface area contributed by atoms with Crippen LogP contribution in [0.4, 0.5) is 13.2 Å². The molecular weight excluding hydrogens is 347 g/mol. The molecule has 0 aromatic carbocycles. The van der Waals surface area contributed by atoms with Crippen molar-refractivity contribution in [3.8, 4) is 10.7 Å². The maximum Gasteiger partial charge on any atom is 0.471 e. The molecule has 0 saturated heterocycles. The van der Waals surface area contributed by atoms with Gasteiger partial charge >= 0.3 is 12.1 Å². The molecule has 10 heteroatoms. The van der Waals surface area contributed by atoms with Crippen molar-refractivity contribution in [1.29, 1.82) is 0 Å². The zero-order valence-electron chi connectivity index (χ0n) is 12.7. The molecule has 0 N–H and O–H groups in total. The summed E-state index contributed by atoms with van der Waals surface area (Å²) >= 11 is 1.18. The molecule has 1 amide bonds. The van der Waals surface area contributed by atoms with Crippen LogP contribution in [0.25, 0.3) is 10.7 Å². The number of carbonyl (C=O) groups excluding carboxylic acids is 1. The van der Waals surface area contributed by atoms with E-state index in [1.807, 2.05) is 0 Å². The highest BCUT2D eigenvalue weighted by Crippen LogP contribution is 2.34. The van der Waals surface area contributed by atoms with Crippen LogP contribution in [0.2, 0.25) is 0 Å². The minimum absolute atomic E-state index is 0.103. The fourth-order valence-corrected chi connectivity index (χ4v) is 3.00. The molecule has 6 nitrogen and oxygen atoms in total. The van der Waals surface area contributed by atoms with Crippen LogP contribution in [-0.2, 0) is 22.4 Å². The van der Waals surface area contributed by atoms with Crippen molar-refractivity contribution in [2.24, 2.45) is 5.92 Å². The zero-order valence-corrected chi connectivity index (χ0v) is 13.5. The quantitative estimate of drug-likeness (QED) is 0.737. The van der Waals surface area contributed by atoms with E-state index in [0.29, 0.717) is 17.2 Å². The topological polar surface area (TPSA) is 68.5 Å². The van der Waals surface area contributed by atoms with E-state index in [9.17, 15) is 18.0 Å². The van der Waals surface area contributed by atoms with E-state index < -0.39 is 12.1 Å². The normalized spacial score (nSPS) is 14.8. The Bertz CT molecular complexity index is 724. The van der Waals surface area contributed by atoms with E-state index in [4.69, 9.17) is 4.84 Å². The molecule has 0 bridgehead atoms. The SMILES string of the molecule is CON(Cc1ccc(-c2noc(C(F)(F)F)n2)s1)C(=O)CC1CC1. The van der Waals surface area contributed by atoms with Crippen molar-refractivity contribution < 1.29 is 27.3 Å². The smallest absolute Gasteiger partial charge is 0.329 e. The highest BCUT2D eigenvalue weighted by atomic mass is 32.1. The number of hydrogen-bond donors (Lipinski definition) is 0. The van der Waals surface area contributed by atoms with E-state index in [0.717, 1.165) is 17.7 Å². The number of thiophene rings is 1. The lowest BCUT2D eigenvalue weighted by molar-refractivity contribution is -0.179. The Kier molecular flexibility index (Phi) is 4.59. The molecule has 2 aromatic rings. The van der Waals surface area contributed by atoms with Crippen molar-refractivity contribution in [2.75, 3.05) is 7.11 Å². The highest BCUT2D eigenvalue weighted by molar-refractivity contribution is 7.15. The van der Waals surface area contributed by atoms with Crippen LogP contribution < -0.4 is 0 Å². The fourth-order valence-electron chi connectivity index (χ4n) is 2.09. The Balaban J connectivity index is 1.68. The lowest BCUT2D eigenvalue weighted by atomic mass is 10.3. The summed E-state index contributed by atoms with van der Waals surface area (Å²) in [5, 5.41) is 4.60. The van der Waals surface area contributed by atoms with E-state index >= 15 is 0 Å². The standard InChI is InChI=1S/C14H14F3N3O3S/c1-22-20(11(21)6-8-2-3-8)7-9-4-5-10(24-9)12-18-13(23-19-12)14(15,16)17/h4-5,8H,2-3,6-7H2,1H3. The number of hydrogen-bond acceptors (Lipinski definition) is 6. The van der Waals surface area contributed by atoms with Gasteiger partial charge in [-0.15, -0.1) is 11.3 Å². The molecule has 1 saturated carbocycles. The van der Waals surface area contributed by atoms with E-state index in [1.54, 1.807) is 12.1 Å². The number of hydroxylamine groups is 2. The van der Waals surface area contributed by atoms with Crippen LogP contribution in [0, 0.1) is 5.92 Å². The predicted molar refractivity (Wildman–Crippen MR) is 77.5 cm³/mol. The van der Waals surface area contributed by atoms with Crippen molar-refractivity contribution in [3.05, 3.63) is 22.9 Å². The first-order valence-corrected chi connectivity index (χ1v) is 8.03. The summed E-state index contributed by atoms with van der Waals surface area (Å²) in [5.74, 6) is -1.18. The first-order chi connectivity index (χ1) is 11.4. The average molecular weight is 361 g/mol. The third-order valence-corrected chi connectivity index (χ3v) is 4.57. The van der Waals surface area contributed by atoms with Crippen LogP contribution in [0.5, 0.6) is 0 Å². The maximum absolute atomic E-state index is 12.5. The van der Waals surface area contributed by atoms with Crippen LogP contribution in [0.15, 0.2) is 16.7 Å². The van der Waals surface area contributed by atoms with Gasteiger partial charge in [0.05, 0.1) is 18.5 Å². The van der Waals surface area contributed by atoms with Crippen molar-refractivity contribution in [2.45, 2.75) is 32.0 Å². The van der Waals surface area contributed by atoms with E-state index in [-0.39, 0.29) is 18.3 Å². The van der Waals surface area contributed by atoms with Crippen molar-refractivity contribution in [3.63, 3.8) is 0 Å². The number of nitrogens with zero attached hydrogens (tertiary/aromatic N) is 3. The molecule has 2 aromatic heterocycles. The lowest BCUT2D eigenvalue weighted by Crippen LogP contribution is -2.29. The second-order valence-corrected chi connectivity index (χ2v) is 6.62. The minimum atomic E-state index is -4.67. The molecule has 1 fully saturated rings. The Hall–Kier alpha value is -1.94. The number of carbonyl (C=O) groups is 1. The fraction of sp³-hybridized carbons (Fsp3) is 0.500. The molecule has 0 spiro atoms. The van der Waals surface area contributed by atoms with Gasteiger partial charge in [-0.1, -0.05) is 5.16 Å². The molecule has 3 rings (SSSR count). The Morgan fingerprint density at radius 1 is 1.46 bits per heavy atom. The minimum Gasteiger partial charge on any atom is -0.329 e. The third kappa shape index (κ3) is 3.93. The predicted octanol–water partition coefficient (Wildman–Crippen LogP) is 3.51. The van der Waals surface area contributed by atoms with Gasteiger partial charge in [-0.05, 0) is 30.9 Å². The first-order valence-electron chi connectivity index (χ1n) is 7.21. The Labute approximate surface area is 139 Å². The number of alkyl halides is 3. The van der Waals surface area contributed by atoms with E-state index in [2.05, 4.69) is 14.7 Å². The Morgan fingerprint density at radius 3 is 2.79 bits per heavy atom. The molecule has 2 heterocycles. The van der Waals surface area contributed by atoms with Gasteiger partial charge in [0, 0.05) is 11.3 Å². The summed E-state index contributed by atoms with van der Waals surface area (Å²) in [6, 6.07) is 3.28. The third-order valence-electron chi connectivity index (χ3n) is 3.51. The summed E-state index contributed by atoms with van der Waals surface area (Å²) in [6.45, 7) is 0.219. The van der Waals surface area contributed by atoms with Gasteiger partial charge in [-0.2, -0.15) is 18.2 Å². The summed E-state index contributed by atoms with van der Waals surface area (Å²) in [4.78, 5) is 21.7. The van der Waals surface area contributed by atoms with Crippen LogP contribution in [0.1, 0.15) is 30.0 Å². The molecule has 130 valence electrons. The number of halogens is 3. The second-order valence-electron chi connectivity index (χ2n) is 5.45. The second kappa shape index (κ2) is 6.52. The highest BCUT2D eigenvalue weighted by Gasteiger charge is 2.38. The van der Waals surface area contributed by atoms with Crippen LogP contribution >= 0.6 is 11.3 Å².